The van der Waals surface area contributed by atoms with E-state index in [0.29, 0.717) is 57.6 Å². The fourth-order valence-electron chi connectivity index (χ4n) is 3.93. The summed E-state index contributed by atoms with van der Waals surface area (Å²) in [4.78, 5) is 29.9. The molecule has 29 heavy (non-hydrogen) atoms. The molecule has 2 saturated heterocycles. The van der Waals surface area contributed by atoms with Crippen molar-refractivity contribution in [2.45, 2.75) is 43.4 Å². The second-order valence-corrected chi connectivity index (χ2v) is 10.1. The molecule has 0 aliphatic carbocycles. The van der Waals surface area contributed by atoms with Crippen molar-refractivity contribution in [2.75, 3.05) is 26.2 Å². The number of hydrogen-bond donors (Lipinski definition) is 1. The molecule has 0 spiro atoms. The molecule has 9 heteroatoms. The van der Waals surface area contributed by atoms with Crippen LogP contribution in [-0.4, -0.2) is 71.4 Å². The lowest BCUT2D eigenvalue weighted by atomic mass is 9.90. The number of hydrogen-bond acceptors (Lipinski definition) is 5. The lowest BCUT2D eigenvalue weighted by molar-refractivity contribution is -0.118. The van der Waals surface area contributed by atoms with Crippen LogP contribution < -0.4 is 5.32 Å². The van der Waals surface area contributed by atoms with Crippen LogP contribution in [0, 0.1) is 0 Å². The number of sulfonamides is 1. The third-order valence-corrected chi connectivity index (χ3v) is 8.23. The SMILES string of the molecule is C=CC(=O)NC1(C)CCN(S(=O)(=O)C2CCN(C(=O)c3ccccn3)CC2)CC1. The zero-order chi connectivity index (χ0) is 21.1. The number of likely N-dealkylation sites (tertiary alicyclic amines) is 1. The molecule has 0 atom stereocenters. The number of amides is 2. The molecule has 2 fully saturated rings. The zero-order valence-electron chi connectivity index (χ0n) is 16.7. The van der Waals surface area contributed by atoms with Crippen LogP contribution in [0.4, 0.5) is 0 Å². The van der Waals surface area contributed by atoms with Crippen LogP contribution in [0.5, 0.6) is 0 Å². The smallest absolute Gasteiger partial charge is 0.272 e. The van der Waals surface area contributed by atoms with E-state index in [4.69, 9.17) is 0 Å². The van der Waals surface area contributed by atoms with Gasteiger partial charge in [-0.3, -0.25) is 14.6 Å². The largest absolute Gasteiger partial charge is 0.347 e. The number of nitrogens with one attached hydrogen (secondary N) is 1. The van der Waals surface area contributed by atoms with Gasteiger partial charge in [-0.05, 0) is 50.8 Å². The Balaban J connectivity index is 1.56. The van der Waals surface area contributed by atoms with Crippen molar-refractivity contribution >= 4 is 21.8 Å². The Labute approximate surface area is 172 Å². The Morgan fingerprint density at radius 3 is 2.41 bits per heavy atom. The van der Waals surface area contributed by atoms with E-state index in [1.165, 1.54) is 10.4 Å². The van der Waals surface area contributed by atoms with Crippen molar-refractivity contribution < 1.29 is 18.0 Å². The molecular weight excluding hydrogens is 392 g/mol. The van der Waals surface area contributed by atoms with E-state index in [1.807, 2.05) is 6.92 Å². The van der Waals surface area contributed by atoms with Gasteiger partial charge in [0.15, 0.2) is 0 Å². The minimum absolute atomic E-state index is 0.159. The van der Waals surface area contributed by atoms with E-state index < -0.39 is 20.8 Å². The van der Waals surface area contributed by atoms with E-state index in [0.717, 1.165) is 0 Å². The van der Waals surface area contributed by atoms with E-state index in [-0.39, 0.29) is 11.8 Å². The van der Waals surface area contributed by atoms with Gasteiger partial charge in [0, 0.05) is 37.9 Å². The highest BCUT2D eigenvalue weighted by Gasteiger charge is 2.40. The minimum atomic E-state index is -3.44. The van der Waals surface area contributed by atoms with Crippen LogP contribution in [0.1, 0.15) is 43.1 Å². The van der Waals surface area contributed by atoms with E-state index in [9.17, 15) is 18.0 Å². The third-order valence-electron chi connectivity index (χ3n) is 5.83. The van der Waals surface area contributed by atoms with Gasteiger partial charge < -0.3 is 10.2 Å². The second kappa shape index (κ2) is 8.62. The van der Waals surface area contributed by atoms with E-state index >= 15 is 0 Å². The maximum atomic E-state index is 13.1. The molecule has 3 heterocycles. The number of carbonyl (C=O) groups is 2. The molecule has 2 aliphatic heterocycles. The van der Waals surface area contributed by atoms with Gasteiger partial charge in [0.25, 0.3) is 5.91 Å². The highest BCUT2D eigenvalue weighted by molar-refractivity contribution is 7.89. The Kier molecular flexibility index (Phi) is 6.38. The maximum Gasteiger partial charge on any atom is 0.272 e. The molecule has 0 unspecified atom stereocenters. The molecule has 158 valence electrons. The average Bonchev–Trinajstić information content (AvgIpc) is 2.74. The number of pyridine rings is 1. The first-order valence-corrected chi connectivity index (χ1v) is 11.4. The molecule has 0 saturated carbocycles. The number of piperidine rings is 2. The van der Waals surface area contributed by atoms with E-state index in [1.54, 1.807) is 29.3 Å². The lowest BCUT2D eigenvalue weighted by Gasteiger charge is -2.41. The molecule has 1 aromatic heterocycles. The quantitative estimate of drug-likeness (QED) is 0.721. The Morgan fingerprint density at radius 2 is 1.86 bits per heavy atom. The highest BCUT2D eigenvalue weighted by atomic mass is 32.2. The summed E-state index contributed by atoms with van der Waals surface area (Å²) >= 11 is 0. The van der Waals surface area contributed by atoms with Gasteiger partial charge in [-0.15, -0.1) is 0 Å². The van der Waals surface area contributed by atoms with Gasteiger partial charge in [0.05, 0.1) is 5.25 Å². The normalized spacial score (nSPS) is 20.8. The number of nitrogens with zero attached hydrogens (tertiary/aromatic N) is 3. The number of carbonyl (C=O) groups excluding carboxylic acids is 2. The zero-order valence-corrected chi connectivity index (χ0v) is 17.5. The predicted octanol–water partition coefficient (Wildman–Crippen LogP) is 1.17. The molecule has 0 radical (unpaired) electrons. The average molecular weight is 421 g/mol. The van der Waals surface area contributed by atoms with Crippen LogP contribution in [0.25, 0.3) is 0 Å². The summed E-state index contributed by atoms with van der Waals surface area (Å²) in [5, 5.41) is 2.42. The van der Waals surface area contributed by atoms with Crippen molar-refractivity contribution in [2.24, 2.45) is 0 Å². The first-order valence-electron chi connectivity index (χ1n) is 9.89. The third kappa shape index (κ3) is 4.84. The Bertz CT molecular complexity index is 856. The second-order valence-electron chi connectivity index (χ2n) is 7.90. The lowest BCUT2D eigenvalue weighted by Crippen LogP contribution is -2.56. The summed E-state index contributed by atoms with van der Waals surface area (Å²) < 4.78 is 27.7. The summed E-state index contributed by atoms with van der Waals surface area (Å²) in [6, 6.07) is 5.18. The van der Waals surface area contributed by atoms with Crippen LogP contribution in [-0.2, 0) is 14.8 Å². The standard InChI is InChI=1S/C20H28N4O4S/c1-3-18(25)22-20(2)9-14-24(15-10-20)29(27,28)16-7-12-23(13-8-16)19(26)17-6-4-5-11-21-17/h3-6,11,16H,1,7-10,12-15H2,2H3,(H,22,25). The Hall–Kier alpha value is -2.26. The van der Waals surface area contributed by atoms with Gasteiger partial charge in [0.1, 0.15) is 5.69 Å². The van der Waals surface area contributed by atoms with Crippen molar-refractivity contribution in [3.63, 3.8) is 0 Å². The van der Waals surface area contributed by atoms with Crippen molar-refractivity contribution in [1.82, 2.24) is 19.5 Å². The number of rotatable bonds is 5. The van der Waals surface area contributed by atoms with Crippen LogP contribution in [0.15, 0.2) is 37.1 Å². The summed E-state index contributed by atoms with van der Waals surface area (Å²) in [5.41, 5.74) is -0.0406. The van der Waals surface area contributed by atoms with E-state index in [2.05, 4.69) is 16.9 Å². The van der Waals surface area contributed by atoms with Gasteiger partial charge in [-0.1, -0.05) is 12.6 Å². The van der Waals surface area contributed by atoms with Gasteiger partial charge >= 0.3 is 0 Å². The molecule has 8 nitrogen and oxygen atoms in total. The van der Waals surface area contributed by atoms with Crippen molar-refractivity contribution in [1.29, 1.82) is 0 Å². The fourth-order valence-corrected chi connectivity index (χ4v) is 5.85. The van der Waals surface area contributed by atoms with Crippen LogP contribution >= 0.6 is 0 Å². The Morgan fingerprint density at radius 1 is 1.21 bits per heavy atom. The molecular formula is C20H28N4O4S. The molecule has 1 aromatic rings. The van der Waals surface area contributed by atoms with Crippen molar-refractivity contribution in [3.8, 4) is 0 Å². The van der Waals surface area contributed by atoms with Crippen LogP contribution in [0.3, 0.4) is 0 Å². The molecule has 2 amide bonds. The highest BCUT2D eigenvalue weighted by Crippen LogP contribution is 2.28. The first kappa shape index (κ1) is 21.4. The number of aromatic nitrogens is 1. The topological polar surface area (TPSA) is 99.7 Å². The molecule has 2 aliphatic rings. The summed E-state index contributed by atoms with van der Waals surface area (Å²) in [7, 11) is -3.44. The fraction of sp³-hybridized carbons (Fsp3) is 0.550. The monoisotopic (exact) mass is 420 g/mol. The summed E-state index contributed by atoms with van der Waals surface area (Å²) in [6.07, 6.45) is 4.76. The molecule has 0 bridgehead atoms. The molecule has 1 N–H and O–H groups in total. The minimum Gasteiger partial charge on any atom is -0.347 e. The summed E-state index contributed by atoms with van der Waals surface area (Å²) in [5.74, 6) is -0.401. The van der Waals surface area contributed by atoms with Gasteiger partial charge in [0.2, 0.25) is 15.9 Å². The van der Waals surface area contributed by atoms with Gasteiger partial charge in [-0.25, -0.2) is 12.7 Å². The molecule has 3 rings (SSSR count). The molecule has 0 aromatic carbocycles. The van der Waals surface area contributed by atoms with Crippen LogP contribution in [0.2, 0.25) is 0 Å². The maximum absolute atomic E-state index is 13.1. The first-order chi connectivity index (χ1) is 13.7. The predicted molar refractivity (Wildman–Crippen MR) is 110 cm³/mol. The van der Waals surface area contributed by atoms with Gasteiger partial charge in [-0.2, -0.15) is 0 Å². The van der Waals surface area contributed by atoms with Crippen molar-refractivity contribution in [3.05, 3.63) is 42.7 Å². The summed E-state index contributed by atoms with van der Waals surface area (Å²) in [6.45, 7) is 6.95.